The van der Waals surface area contributed by atoms with Crippen LogP contribution in [0.1, 0.15) is 26.3 Å². The first-order chi connectivity index (χ1) is 20.0. The van der Waals surface area contributed by atoms with Crippen molar-refractivity contribution < 1.29 is 48.7 Å². The summed E-state index contributed by atoms with van der Waals surface area (Å²) in [7, 11) is 2.03. The van der Waals surface area contributed by atoms with Gasteiger partial charge in [0.05, 0.1) is 12.2 Å². The number of carbonyl (C=O) groups is 4. The molecule has 4 N–H and O–H groups in total. The second kappa shape index (κ2) is 14.3. The number of carboxylic acid groups (broad SMARTS) is 2. The van der Waals surface area contributed by atoms with Crippen LogP contribution in [0.2, 0.25) is 0 Å². The highest BCUT2D eigenvalue weighted by molar-refractivity contribution is 6.19. The summed E-state index contributed by atoms with van der Waals surface area (Å²) in [6.45, 7) is 1.86. The molecular formula is C31H30FNO9. The summed E-state index contributed by atoms with van der Waals surface area (Å²) in [5.41, 5.74) is -1.57. The van der Waals surface area contributed by atoms with Crippen LogP contribution in [0.15, 0.2) is 91.0 Å². The maximum absolute atomic E-state index is 12.8. The molecule has 0 fully saturated rings. The lowest BCUT2D eigenvalue weighted by Crippen LogP contribution is -2.61. The molecule has 0 aliphatic carbocycles. The van der Waals surface area contributed by atoms with E-state index < -0.39 is 35.4 Å². The quantitative estimate of drug-likeness (QED) is 0.169. The predicted octanol–water partition coefficient (Wildman–Crippen LogP) is 2.76. The molecule has 0 amide bonds. The zero-order valence-corrected chi connectivity index (χ0v) is 22.6. The molecule has 0 saturated heterocycles. The molecule has 0 aromatic heterocycles. The van der Waals surface area contributed by atoms with E-state index in [1.165, 1.54) is 60.7 Å². The van der Waals surface area contributed by atoms with Gasteiger partial charge in [0.2, 0.25) is 11.9 Å². The number of benzene rings is 3. The summed E-state index contributed by atoms with van der Waals surface area (Å²) in [5, 5.41) is 37.9. The average molecular weight is 580 g/mol. The fourth-order valence-corrected chi connectivity index (χ4v) is 4.36. The number of ether oxygens (including phenoxy) is 1. The van der Waals surface area contributed by atoms with E-state index in [9.17, 15) is 38.9 Å². The van der Waals surface area contributed by atoms with Crippen LogP contribution in [-0.4, -0.2) is 87.5 Å². The van der Waals surface area contributed by atoms with E-state index in [4.69, 9.17) is 9.84 Å². The highest BCUT2D eigenvalue weighted by atomic mass is 19.1. The van der Waals surface area contributed by atoms with Gasteiger partial charge in [0.1, 0.15) is 5.82 Å². The van der Waals surface area contributed by atoms with E-state index in [-0.39, 0.29) is 29.5 Å². The number of rotatable bonds is 9. The Balaban J connectivity index is 0.000000258. The van der Waals surface area contributed by atoms with E-state index in [1.54, 1.807) is 24.3 Å². The first-order valence-corrected chi connectivity index (χ1v) is 12.8. The molecule has 1 heterocycles. The smallest absolute Gasteiger partial charge is 0.360 e. The molecule has 0 bridgehead atoms. The predicted molar refractivity (Wildman–Crippen MR) is 149 cm³/mol. The summed E-state index contributed by atoms with van der Waals surface area (Å²) in [6.07, 6.45) is -0.710. The van der Waals surface area contributed by atoms with Crippen molar-refractivity contribution in [2.24, 2.45) is 5.92 Å². The SMILES string of the molecule is CN1CC=C(c2ccc(F)cc2)C(CO)C1.O=C(OC(C(=O)O)(C(=O)c1ccccc1)C(O)C(=O)O)c1ccccc1. The Morgan fingerprint density at radius 3 is 1.98 bits per heavy atom. The minimum atomic E-state index is -3.35. The standard InChI is InChI=1S/C18H14O8.C13H16FNO/c19-13(11-7-3-1-4-8-11)18(17(24)25,14(20)15(21)22)26-16(23)12-9-5-2-6-10-12;1-15-7-6-13(11(8-15)9-16)10-2-4-12(14)5-3-10/h1-10,14,20H,(H,21,22)(H,24,25);2-6,11,16H,7-9H2,1H3. The van der Waals surface area contributed by atoms with Crippen molar-refractivity contribution in [3.63, 3.8) is 0 Å². The topological polar surface area (TPSA) is 162 Å². The maximum atomic E-state index is 12.8. The van der Waals surface area contributed by atoms with Crippen LogP contribution in [0.25, 0.3) is 5.57 Å². The van der Waals surface area contributed by atoms with Gasteiger partial charge in [-0.15, -0.1) is 0 Å². The Morgan fingerprint density at radius 1 is 0.929 bits per heavy atom. The first-order valence-electron chi connectivity index (χ1n) is 12.8. The number of carboxylic acids is 2. The second-order valence-corrected chi connectivity index (χ2v) is 9.50. The lowest BCUT2D eigenvalue weighted by molar-refractivity contribution is -0.176. The summed E-state index contributed by atoms with van der Waals surface area (Å²) in [6, 6.07) is 20.3. The third-order valence-electron chi connectivity index (χ3n) is 6.57. The Labute approximate surface area is 240 Å². The lowest BCUT2D eigenvalue weighted by atomic mass is 9.87. The number of ketones is 1. The van der Waals surface area contributed by atoms with Gasteiger partial charge in [-0.25, -0.2) is 18.8 Å². The fraction of sp³-hybridized carbons (Fsp3) is 0.226. The number of hydrogen-bond acceptors (Lipinski definition) is 8. The molecule has 3 unspecified atom stereocenters. The van der Waals surface area contributed by atoms with Gasteiger partial charge in [-0.05, 0) is 42.4 Å². The van der Waals surface area contributed by atoms with E-state index in [0.717, 1.165) is 24.2 Å². The minimum absolute atomic E-state index is 0.114. The summed E-state index contributed by atoms with van der Waals surface area (Å²) >= 11 is 0. The van der Waals surface area contributed by atoms with Gasteiger partial charge in [-0.1, -0.05) is 66.7 Å². The van der Waals surface area contributed by atoms with Crippen LogP contribution >= 0.6 is 0 Å². The number of aliphatic hydroxyl groups is 2. The largest absolute Gasteiger partial charge is 0.479 e. The monoisotopic (exact) mass is 579 g/mol. The fourth-order valence-electron chi connectivity index (χ4n) is 4.36. The summed E-state index contributed by atoms with van der Waals surface area (Å²) in [4.78, 5) is 50.3. The molecule has 3 aromatic rings. The summed E-state index contributed by atoms with van der Waals surface area (Å²) < 4.78 is 17.6. The van der Waals surface area contributed by atoms with Gasteiger partial charge >= 0.3 is 23.5 Å². The van der Waals surface area contributed by atoms with Crippen molar-refractivity contribution in [3.8, 4) is 0 Å². The van der Waals surface area contributed by atoms with Crippen molar-refractivity contribution >= 4 is 29.3 Å². The van der Waals surface area contributed by atoms with Crippen LogP contribution in [0.5, 0.6) is 0 Å². The zero-order chi connectivity index (χ0) is 30.9. The van der Waals surface area contributed by atoms with Gasteiger partial charge in [0.25, 0.3) is 0 Å². The molecule has 42 heavy (non-hydrogen) atoms. The molecule has 3 aromatic carbocycles. The molecule has 0 spiro atoms. The number of carbonyl (C=O) groups excluding carboxylic acids is 2. The Morgan fingerprint density at radius 2 is 1.48 bits per heavy atom. The van der Waals surface area contributed by atoms with E-state index in [0.29, 0.717) is 0 Å². The molecule has 4 rings (SSSR count). The third kappa shape index (κ3) is 7.32. The van der Waals surface area contributed by atoms with Crippen LogP contribution in [0.3, 0.4) is 0 Å². The number of aliphatic hydroxyl groups excluding tert-OH is 2. The van der Waals surface area contributed by atoms with Gasteiger partial charge in [-0.3, -0.25) is 4.79 Å². The molecule has 1 aliphatic heterocycles. The van der Waals surface area contributed by atoms with Crippen molar-refractivity contribution in [2.45, 2.75) is 11.7 Å². The number of likely N-dealkylation sites (N-methyl/N-ethyl adjacent to an activating group) is 1. The molecule has 220 valence electrons. The molecule has 3 atom stereocenters. The van der Waals surface area contributed by atoms with Crippen LogP contribution in [0, 0.1) is 11.7 Å². The Bertz CT molecular complexity index is 1430. The second-order valence-electron chi connectivity index (χ2n) is 9.50. The Kier molecular flexibility index (Phi) is 10.8. The molecule has 11 heteroatoms. The van der Waals surface area contributed by atoms with Crippen molar-refractivity contribution in [3.05, 3.63) is 114 Å². The highest BCUT2D eigenvalue weighted by Gasteiger charge is 2.59. The Hall–Kier alpha value is -4.71. The first kappa shape index (κ1) is 31.8. The number of nitrogens with zero attached hydrogens (tertiary/aromatic N) is 1. The van der Waals surface area contributed by atoms with Gasteiger partial charge in [0.15, 0.2) is 0 Å². The van der Waals surface area contributed by atoms with Crippen molar-refractivity contribution in [2.75, 3.05) is 26.7 Å². The summed E-state index contributed by atoms with van der Waals surface area (Å²) in [5.74, 6) is -6.87. The average Bonchev–Trinajstić information content (AvgIpc) is 3.00. The van der Waals surface area contributed by atoms with Crippen LogP contribution in [0.4, 0.5) is 4.39 Å². The number of aliphatic carboxylic acids is 2. The minimum Gasteiger partial charge on any atom is -0.479 e. The number of Topliss-reactive ketones (excluding diaryl/α,β-unsaturated/α-hetero) is 1. The maximum Gasteiger partial charge on any atom is 0.360 e. The van der Waals surface area contributed by atoms with Gasteiger partial charge in [-0.2, -0.15) is 0 Å². The molecular weight excluding hydrogens is 549 g/mol. The molecule has 10 nitrogen and oxygen atoms in total. The van der Waals surface area contributed by atoms with Crippen molar-refractivity contribution in [1.29, 1.82) is 0 Å². The lowest BCUT2D eigenvalue weighted by Gasteiger charge is -2.30. The number of esters is 1. The normalized spacial score (nSPS) is 17.0. The van der Waals surface area contributed by atoms with E-state index in [2.05, 4.69) is 11.0 Å². The molecule has 0 saturated carbocycles. The van der Waals surface area contributed by atoms with E-state index >= 15 is 0 Å². The number of hydrogen-bond donors (Lipinski definition) is 4. The molecule has 0 radical (unpaired) electrons. The van der Waals surface area contributed by atoms with Crippen molar-refractivity contribution in [1.82, 2.24) is 4.90 Å². The van der Waals surface area contributed by atoms with Crippen LogP contribution in [-0.2, 0) is 14.3 Å². The zero-order valence-electron chi connectivity index (χ0n) is 22.6. The van der Waals surface area contributed by atoms with E-state index in [1.807, 2.05) is 7.05 Å². The highest BCUT2D eigenvalue weighted by Crippen LogP contribution is 2.28. The van der Waals surface area contributed by atoms with Gasteiger partial charge < -0.3 is 30.1 Å². The molecule has 1 aliphatic rings. The van der Waals surface area contributed by atoms with Crippen LogP contribution < -0.4 is 0 Å². The van der Waals surface area contributed by atoms with Gasteiger partial charge in [0, 0.05) is 24.6 Å². The third-order valence-corrected chi connectivity index (χ3v) is 6.57. The number of halogens is 1.